The molecule has 3 aromatic rings. The number of anilines is 1. The van der Waals surface area contributed by atoms with Gasteiger partial charge in [0.25, 0.3) is 5.91 Å². The lowest BCUT2D eigenvalue weighted by Crippen LogP contribution is -2.23. The van der Waals surface area contributed by atoms with Gasteiger partial charge >= 0.3 is 0 Å². The van der Waals surface area contributed by atoms with E-state index in [2.05, 4.69) is 31.3 Å². The van der Waals surface area contributed by atoms with Crippen LogP contribution in [0.2, 0.25) is 0 Å². The number of hydrogen-bond acceptors (Lipinski definition) is 5. The molecule has 6 nitrogen and oxygen atoms in total. The molecule has 0 aliphatic heterocycles. The van der Waals surface area contributed by atoms with E-state index in [0.717, 1.165) is 14.6 Å². The second kappa shape index (κ2) is 5.45. The molecule has 1 aromatic carbocycles. The molecular formula is C13H12BrN5OS. The number of fused-ring (bicyclic) bond motifs is 1. The van der Waals surface area contributed by atoms with Crippen LogP contribution >= 0.6 is 27.3 Å². The molecule has 1 amide bonds. The molecule has 0 saturated heterocycles. The first-order valence-corrected chi connectivity index (χ1v) is 7.76. The topological polar surface area (TPSA) is 85.8 Å². The number of aromatic nitrogens is 3. The summed E-state index contributed by atoms with van der Waals surface area (Å²) in [4.78, 5) is 16.8. The number of amides is 1. The van der Waals surface area contributed by atoms with Crippen molar-refractivity contribution in [3.05, 3.63) is 39.7 Å². The number of hydrogen-bond donors (Lipinski definition) is 2. The summed E-state index contributed by atoms with van der Waals surface area (Å²) in [5.74, 6) is 0.352. The highest BCUT2D eigenvalue weighted by Gasteiger charge is 2.16. The van der Waals surface area contributed by atoms with Gasteiger partial charge in [0, 0.05) is 21.6 Å². The fourth-order valence-corrected chi connectivity index (χ4v) is 3.55. The van der Waals surface area contributed by atoms with Gasteiger partial charge in [-0.15, -0.1) is 11.3 Å². The highest BCUT2D eigenvalue weighted by atomic mass is 79.9. The average molecular weight is 366 g/mol. The summed E-state index contributed by atoms with van der Waals surface area (Å²) >= 11 is 4.79. The number of nitrogens with two attached hydrogens (primary N) is 1. The van der Waals surface area contributed by atoms with E-state index in [1.54, 1.807) is 18.1 Å². The van der Waals surface area contributed by atoms with Gasteiger partial charge in [-0.2, -0.15) is 5.10 Å². The lowest BCUT2D eigenvalue weighted by atomic mass is 10.2. The monoisotopic (exact) mass is 365 g/mol. The van der Waals surface area contributed by atoms with E-state index >= 15 is 0 Å². The number of thiophene rings is 1. The summed E-state index contributed by atoms with van der Waals surface area (Å²) in [6, 6.07) is 5.76. The Hall–Kier alpha value is -1.93. The van der Waals surface area contributed by atoms with Gasteiger partial charge in [0.05, 0.1) is 12.2 Å². The van der Waals surface area contributed by atoms with Crippen molar-refractivity contribution < 1.29 is 4.79 Å². The highest BCUT2D eigenvalue weighted by molar-refractivity contribution is 9.10. The molecule has 0 aliphatic rings. The van der Waals surface area contributed by atoms with E-state index < -0.39 is 0 Å². The highest BCUT2D eigenvalue weighted by Crippen LogP contribution is 2.35. The van der Waals surface area contributed by atoms with E-state index in [-0.39, 0.29) is 12.5 Å². The Balaban J connectivity index is 1.82. The summed E-state index contributed by atoms with van der Waals surface area (Å²) in [5, 5.41) is 7.79. The standard InChI is InChI=1S/C13H12BrN5OS/c1-19-6-17-10(18-19)5-16-13(20)12-11(15)8-3-2-7(14)4-9(8)21-12/h2-4,6H,5,15H2,1H3,(H,16,20). The number of carbonyl (C=O) groups is 1. The molecule has 8 heteroatoms. The van der Waals surface area contributed by atoms with Crippen LogP contribution in [0.4, 0.5) is 5.69 Å². The Morgan fingerprint density at radius 2 is 2.33 bits per heavy atom. The molecule has 0 bridgehead atoms. The van der Waals surface area contributed by atoms with Crippen LogP contribution in [-0.4, -0.2) is 20.7 Å². The summed E-state index contributed by atoms with van der Waals surface area (Å²) in [5.41, 5.74) is 6.57. The predicted molar refractivity (Wildman–Crippen MR) is 86.1 cm³/mol. The molecule has 0 unspecified atom stereocenters. The number of rotatable bonds is 3. The molecule has 0 saturated carbocycles. The molecule has 21 heavy (non-hydrogen) atoms. The maximum atomic E-state index is 12.2. The Kier molecular flexibility index (Phi) is 3.64. The molecule has 3 N–H and O–H groups in total. The predicted octanol–water partition coefficient (Wildman–Crippen LogP) is 2.30. The van der Waals surface area contributed by atoms with Crippen molar-refractivity contribution in [2.75, 3.05) is 5.73 Å². The lowest BCUT2D eigenvalue weighted by Gasteiger charge is -2.01. The third-order valence-corrected chi connectivity index (χ3v) is 4.61. The Morgan fingerprint density at radius 3 is 3.05 bits per heavy atom. The summed E-state index contributed by atoms with van der Waals surface area (Å²) in [7, 11) is 1.78. The van der Waals surface area contributed by atoms with Crippen molar-refractivity contribution in [1.29, 1.82) is 0 Å². The van der Waals surface area contributed by atoms with Crippen LogP contribution in [0.5, 0.6) is 0 Å². The fourth-order valence-electron chi connectivity index (χ4n) is 1.96. The van der Waals surface area contributed by atoms with E-state index in [0.29, 0.717) is 16.4 Å². The fraction of sp³-hybridized carbons (Fsp3) is 0.154. The number of halogens is 1. The molecule has 0 aliphatic carbocycles. The number of nitrogens with one attached hydrogen (secondary N) is 1. The Bertz CT molecular complexity index is 825. The molecular weight excluding hydrogens is 354 g/mol. The zero-order chi connectivity index (χ0) is 15.0. The molecule has 0 fully saturated rings. The molecule has 0 radical (unpaired) electrons. The second-order valence-corrected chi connectivity index (χ2v) is 6.47. The zero-order valence-corrected chi connectivity index (χ0v) is 13.5. The number of aryl methyl sites for hydroxylation is 1. The third-order valence-electron chi connectivity index (χ3n) is 2.95. The van der Waals surface area contributed by atoms with Gasteiger partial charge in [-0.1, -0.05) is 22.0 Å². The quantitative estimate of drug-likeness (QED) is 0.745. The zero-order valence-electron chi connectivity index (χ0n) is 11.1. The van der Waals surface area contributed by atoms with E-state index in [1.807, 2.05) is 18.2 Å². The summed E-state index contributed by atoms with van der Waals surface area (Å²) < 4.78 is 3.52. The summed E-state index contributed by atoms with van der Waals surface area (Å²) in [6.07, 6.45) is 1.59. The van der Waals surface area contributed by atoms with Crippen molar-refractivity contribution >= 4 is 48.9 Å². The second-order valence-electron chi connectivity index (χ2n) is 4.50. The molecule has 0 atom stereocenters. The molecule has 108 valence electrons. The maximum absolute atomic E-state index is 12.2. The van der Waals surface area contributed by atoms with Crippen molar-refractivity contribution in [1.82, 2.24) is 20.1 Å². The van der Waals surface area contributed by atoms with E-state index in [1.165, 1.54) is 11.3 Å². The van der Waals surface area contributed by atoms with E-state index in [4.69, 9.17) is 5.73 Å². The van der Waals surface area contributed by atoms with Crippen molar-refractivity contribution in [2.45, 2.75) is 6.54 Å². The smallest absolute Gasteiger partial charge is 0.263 e. The SMILES string of the molecule is Cn1cnc(CNC(=O)c2sc3cc(Br)ccc3c2N)n1. The van der Waals surface area contributed by atoms with Gasteiger partial charge in [-0.3, -0.25) is 9.48 Å². The van der Waals surface area contributed by atoms with Crippen molar-refractivity contribution in [2.24, 2.45) is 7.05 Å². The minimum Gasteiger partial charge on any atom is -0.397 e. The third kappa shape index (κ3) is 2.77. The first-order chi connectivity index (χ1) is 10.0. The molecule has 3 rings (SSSR count). The number of benzene rings is 1. The number of nitrogen functional groups attached to an aromatic ring is 1. The normalized spacial score (nSPS) is 11.0. The summed E-state index contributed by atoms with van der Waals surface area (Å²) in [6.45, 7) is 0.275. The molecule has 2 heterocycles. The minimum atomic E-state index is -0.211. The Labute approximate surface area is 133 Å². The number of carbonyl (C=O) groups excluding carboxylic acids is 1. The van der Waals surface area contributed by atoms with Gasteiger partial charge in [-0.25, -0.2) is 4.98 Å². The van der Waals surface area contributed by atoms with Crippen LogP contribution in [0.1, 0.15) is 15.5 Å². The van der Waals surface area contributed by atoms with Crippen LogP contribution in [-0.2, 0) is 13.6 Å². The number of nitrogens with zero attached hydrogens (tertiary/aromatic N) is 3. The van der Waals surface area contributed by atoms with Gasteiger partial charge in [-0.05, 0) is 12.1 Å². The lowest BCUT2D eigenvalue weighted by molar-refractivity contribution is 0.0955. The molecule has 0 spiro atoms. The average Bonchev–Trinajstić information content (AvgIpc) is 3.00. The van der Waals surface area contributed by atoms with E-state index in [9.17, 15) is 4.79 Å². The minimum absolute atomic E-state index is 0.211. The maximum Gasteiger partial charge on any atom is 0.263 e. The largest absolute Gasteiger partial charge is 0.397 e. The van der Waals surface area contributed by atoms with Crippen LogP contribution in [0.25, 0.3) is 10.1 Å². The first kappa shape index (κ1) is 14.0. The van der Waals surface area contributed by atoms with Gasteiger partial charge in [0.15, 0.2) is 5.82 Å². The van der Waals surface area contributed by atoms with Crippen LogP contribution in [0, 0.1) is 0 Å². The van der Waals surface area contributed by atoms with Crippen molar-refractivity contribution in [3.63, 3.8) is 0 Å². The molecule has 2 aromatic heterocycles. The Morgan fingerprint density at radius 1 is 1.52 bits per heavy atom. The van der Waals surface area contributed by atoms with Gasteiger partial charge < -0.3 is 11.1 Å². The van der Waals surface area contributed by atoms with Crippen LogP contribution < -0.4 is 11.1 Å². The van der Waals surface area contributed by atoms with Crippen molar-refractivity contribution in [3.8, 4) is 0 Å². The van der Waals surface area contributed by atoms with Gasteiger partial charge in [0.2, 0.25) is 0 Å². The van der Waals surface area contributed by atoms with Crippen LogP contribution in [0.15, 0.2) is 29.0 Å². The van der Waals surface area contributed by atoms with Crippen LogP contribution in [0.3, 0.4) is 0 Å². The first-order valence-electron chi connectivity index (χ1n) is 6.15. The van der Waals surface area contributed by atoms with Gasteiger partial charge in [0.1, 0.15) is 11.2 Å².